The zero-order valence-electron chi connectivity index (χ0n) is 17.5. The summed E-state index contributed by atoms with van der Waals surface area (Å²) in [6.45, 7) is 14.8. The number of thioether (sulfide) groups is 1. The molecule has 0 aromatic rings. The Balaban J connectivity index is 2.09. The van der Waals surface area contributed by atoms with Crippen molar-refractivity contribution in [3.63, 3.8) is 0 Å². The summed E-state index contributed by atoms with van der Waals surface area (Å²) in [6, 6.07) is 0. The summed E-state index contributed by atoms with van der Waals surface area (Å²) in [4.78, 5) is 0. The van der Waals surface area contributed by atoms with E-state index in [0.29, 0.717) is 10.2 Å². The molecule has 2 saturated carbocycles. The fourth-order valence-electron chi connectivity index (χ4n) is 6.53. The molecular weight excluding hydrogens is 308 g/mol. The minimum absolute atomic E-state index is 0.537. The van der Waals surface area contributed by atoms with Crippen LogP contribution in [0.25, 0.3) is 0 Å². The van der Waals surface area contributed by atoms with Crippen molar-refractivity contribution in [2.45, 2.75) is 122 Å². The van der Waals surface area contributed by atoms with Crippen molar-refractivity contribution in [2.75, 3.05) is 0 Å². The standard InChI is InChI=1S/C23H44S/c1-7-11-22(5,12-8-2)20-16-18-15-19(20)21(17-18)24-23(6,13-9-3)14-10-4/h18-21H,7-17H2,1-6H3. The first-order valence-electron chi connectivity index (χ1n) is 11.1. The molecule has 0 heterocycles. The molecule has 2 fully saturated rings. The molecule has 0 N–H and O–H groups in total. The van der Waals surface area contributed by atoms with Crippen molar-refractivity contribution in [2.24, 2.45) is 23.2 Å². The molecule has 2 rings (SSSR count). The van der Waals surface area contributed by atoms with Gasteiger partial charge in [0.25, 0.3) is 0 Å². The second-order valence-electron chi connectivity index (χ2n) is 9.60. The fraction of sp³-hybridized carbons (Fsp3) is 1.00. The Labute approximate surface area is 157 Å². The molecule has 0 amide bonds. The van der Waals surface area contributed by atoms with Gasteiger partial charge in [-0.05, 0) is 68.1 Å². The molecule has 0 aliphatic heterocycles. The summed E-state index contributed by atoms with van der Waals surface area (Å²) in [5.74, 6) is 3.09. The summed E-state index contributed by atoms with van der Waals surface area (Å²) in [7, 11) is 0. The zero-order valence-corrected chi connectivity index (χ0v) is 18.3. The molecule has 24 heavy (non-hydrogen) atoms. The van der Waals surface area contributed by atoms with E-state index in [4.69, 9.17) is 0 Å². The van der Waals surface area contributed by atoms with Crippen LogP contribution in [0.5, 0.6) is 0 Å². The SMILES string of the molecule is CCCC(C)(CCC)SC1CC2CC1C(C(C)(CCC)CCC)C2. The maximum Gasteiger partial charge on any atom is 0.0134 e. The van der Waals surface area contributed by atoms with Gasteiger partial charge in [0.2, 0.25) is 0 Å². The van der Waals surface area contributed by atoms with Gasteiger partial charge in [-0.15, -0.1) is 0 Å². The van der Waals surface area contributed by atoms with Gasteiger partial charge in [0.1, 0.15) is 0 Å². The highest BCUT2D eigenvalue weighted by Gasteiger charge is 2.53. The van der Waals surface area contributed by atoms with E-state index in [0.717, 1.165) is 23.0 Å². The highest BCUT2D eigenvalue weighted by atomic mass is 32.2. The van der Waals surface area contributed by atoms with Crippen LogP contribution in [-0.2, 0) is 0 Å². The normalized spacial score (nSPS) is 30.2. The van der Waals surface area contributed by atoms with Crippen LogP contribution in [0.3, 0.4) is 0 Å². The zero-order chi connectivity index (χ0) is 17.8. The molecule has 0 saturated heterocycles. The topological polar surface area (TPSA) is 0 Å². The second kappa shape index (κ2) is 8.83. The summed E-state index contributed by atoms with van der Waals surface area (Å²) in [5.41, 5.74) is 0.619. The molecule has 0 aromatic carbocycles. The molecule has 2 bridgehead atoms. The molecule has 142 valence electrons. The van der Waals surface area contributed by atoms with Gasteiger partial charge in [-0.1, -0.05) is 67.2 Å². The van der Waals surface area contributed by atoms with Crippen LogP contribution in [0.4, 0.5) is 0 Å². The Hall–Kier alpha value is 0.350. The van der Waals surface area contributed by atoms with Crippen molar-refractivity contribution in [3.05, 3.63) is 0 Å². The molecular formula is C23H44S. The van der Waals surface area contributed by atoms with E-state index in [9.17, 15) is 0 Å². The van der Waals surface area contributed by atoms with Crippen LogP contribution < -0.4 is 0 Å². The lowest BCUT2D eigenvalue weighted by molar-refractivity contribution is 0.0988. The Morgan fingerprint density at radius 2 is 1.29 bits per heavy atom. The lowest BCUT2D eigenvalue weighted by Crippen LogP contribution is -2.37. The third-order valence-corrected chi connectivity index (χ3v) is 9.11. The van der Waals surface area contributed by atoms with Gasteiger partial charge in [0.05, 0.1) is 0 Å². The van der Waals surface area contributed by atoms with Gasteiger partial charge in [-0.2, -0.15) is 11.8 Å². The Bertz CT molecular complexity index is 360. The van der Waals surface area contributed by atoms with Crippen molar-refractivity contribution < 1.29 is 0 Å². The average molecular weight is 353 g/mol. The summed E-state index contributed by atoms with van der Waals surface area (Å²) < 4.78 is 0.537. The lowest BCUT2D eigenvalue weighted by Gasteiger charge is -2.45. The number of rotatable bonds is 11. The minimum atomic E-state index is 0.537. The van der Waals surface area contributed by atoms with E-state index in [1.807, 2.05) is 0 Å². The van der Waals surface area contributed by atoms with Crippen LogP contribution >= 0.6 is 11.8 Å². The van der Waals surface area contributed by atoms with Gasteiger partial charge in [0, 0.05) is 10.00 Å². The molecule has 0 aromatic heterocycles. The molecule has 4 atom stereocenters. The molecule has 2 aliphatic carbocycles. The van der Waals surface area contributed by atoms with Crippen molar-refractivity contribution in [1.82, 2.24) is 0 Å². The van der Waals surface area contributed by atoms with E-state index in [-0.39, 0.29) is 0 Å². The third-order valence-electron chi connectivity index (χ3n) is 7.28. The smallest absolute Gasteiger partial charge is 0.0134 e. The molecule has 2 aliphatic rings. The Morgan fingerprint density at radius 1 is 0.750 bits per heavy atom. The number of hydrogen-bond acceptors (Lipinski definition) is 1. The van der Waals surface area contributed by atoms with E-state index in [2.05, 4.69) is 53.3 Å². The Morgan fingerprint density at radius 3 is 1.75 bits per heavy atom. The van der Waals surface area contributed by atoms with Crippen LogP contribution in [0.2, 0.25) is 0 Å². The molecule has 0 radical (unpaired) electrons. The Kier molecular flexibility index (Phi) is 7.60. The van der Waals surface area contributed by atoms with E-state index < -0.39 is 0 Å². The van der Waals surface area contributed by atoms with Crippen LogP contribution in [0, 0.1) is 23.2 Å². The highest BCUT2D eigenvalue weighted by molar-refractivity contribution is 8.01. The fourth-order valence-corrected chi connectivity index (χ4v) is 8.75. The number of fused-ring (bicyclic) bond motifs is 2. The average Bonchev–Trinajstić information content (AvgIpc) is 3.08. The van der Waals surface area contributed by atoms with E-state index in [1.165, 1.54) is 57.8 Å². The molecule has 1 heteroatoms. The molecule has 4 unspecified atom stereocenters. The summed E-state index contributed by atoms with van der Waals surface area (Å²) in [6.07, 6.45) is 15.8. The monoisotopic (exact) mass is 352 g/mol. The first kappa shape index (κ1) is 20.7. The lowest BCUT2D eigenvalue weighted by atomic mass is 9.65. The van der Waals surface area contributed by atoms with E-state index >= 15 is 0 Å². The third kappa shape index (κ3) is 4.54. The van der Waals surface area contributed by atoms with Crippen molar-refractivity contribution >= 4 is 11.8 Å². The van der Waals surface area contributed by atoms with Gasteiger partial charge in [-0.25, -0.2) is 0 Å². The predicted octanol–water partition coefficient (Wildman–Crippen LogP) is 8.10. The van der Waals surface area contributed by atoms with Crippen LogP contribution in [0.1, 0.15) is 112 Å². The maximum atomic E-state index is 2.64. The first-order valence-corrected chi connectivity index (χ1v) is 12.0. The van der Waals surface area contributed by atoms with E-state index in [1.54, 1.807) is 12.8 Å². The minimum Gasteiger partial charge on any atom is -0.152 e. The van der Waals surface area contributed by atoms with Gasteiger partial charge in [-0.3, -0.25) is 0 Å². The van der Waals surface area contributed by atoms with Gasteiger partial charge >= 0.3 is 0 Å². The maximum absolute atomic E-state index is 2.64. The van der Waals surface area contributed by atoms with Crippen LogP contribution in [0.15, 0.2) is 0 Å². The van der Waals surface area contributed by atoms with Gasteiger partial charge in [0.15, 0.2) is 0 Å². The molecule has 0 nitrogen and oxygen atoms in total. The highest BCUT2D eigenvalue weighted by Crippen LogP contribution is 2.61. The second-order valence-corrected chi connectivity index (χ2v) is 11.4. The van der Waals surface area contributed by atoms with Gasteiger partial charge < -0.3 is 0 Å². The van der Waals surface area contributed by atoms with Crippen molar-refractivity contribution in [3.8, 4) is 0 Å². The number of hydrogen-bond donors (Lipinski definition) is 0. The quantitative estimate of drug-likeness (QED) is 0.362. The first-order chi connectivity index (χ1) is 11.4. The van der Waals surface area contributed by atoms with Crippen LogP contribution in [-0.4, -0.2) is 10.00 Å². The largest absolute Gasteiger partial charge is 0.152 e. The summed E-state index contributed by atoms with van der Waals surface area (Å²) >= 11 is 2.42. The summed E-state index contributed by atoms with van der Waals surface area (Å²) in [5, 5.41) is 0.963. The molecule has 0 spiro atoms. The van der Waals surface area contributed by atoms with Crippen molar-refractivity contribution in [1.29, 1.82) is 0 Å². The predicted molar refractivity (Wildman–Crippen MR) is 112 cm³/mol.